The third-order valence-electron chi connectivity index (χ3n) is 17.5. The van der Waals surface area contributed by atoms with Crippen LogP contribution in [0.5, 0.6) is 0 Å². The molecule has 0 saturated carbocycles. The second-order valence-corrected chi connectivity index (χ2v) is 25.6. The number of allylic oxidation sites excluding steroid dienone is 5. The molecule has 7 atom stereocenters. The molecule has 6 N–H and O–H groups in total. The van der Waals surface area contributed by atoms with E-state index in [1.807, 2.05) is 6.08 Å². The lowest BCUT2D eigenvalue weighted by Crippen LogP contribution is -2.60. The summed E-state index contributed by atoms with van der Waals surface area (Å²) in [6.07, 6.45) is 71.4. The number of unbranched alkanes of at least 4 members (excludes halogenated alkanes) is 47. The molecular weight excluding hydrogens is 1060 g/mol. The maximum Gasteiger partial charge on any atom is 0.305 e. The highest BCUT2D eigenvalue weighted by Gasteiger charge is 2.44. The molecule has 85 heavy (non-hydrogen) atoms. The van der Waals surface area contributed by atoms with Gasteiger partial charge in [0.15, 0.2) is 6.29 Å². The molecule has 1 rings (SSSR count). The average Bonchev–Trinajstić information content (AvgIpc) is 3.51. The standard InChI is InChI=1S/C74H139NO10/c1-3-5-7-9-11-13-15-16-37-41-44-48-52-56-60-67(77)66(65-84-74-73(82)72(81)71(80)68(64-76)85-74)75-69(78)61-57-53-49-45-42-38-35-33-31-29-27-25-23-21-19-17-18-20-22-24-26-28-30-32-34-36-39-43-47-51-55-59-63-83-70(79)62-58-54-50-46-40-14-12-10-8-6-4-2/h10,12,20,22,56,60,66-68,71-74,76-77,80-82H,3-9,11,13-19,21,23-55,57-59,61-65H2,1-2H3,(H,75,78)/b12-10-,22-20-,60-56+. The number of carbonyl (C=O) groups is 2. The Morgan fingerprint density at radius 1 is 0.424 bits per heavy atom. The fourth-order valence-corrected chi connectivity index (χ4v) is 11.6. The maximum atomic E-state index is 13.1. The Kier molecular flexibility index (Phi) is 60.4. The lowest BCUT2D eigenvalue weighted by molar-refractivity contribution is -0.302. The molecule has 1 saturated heterocycles. The fraction of sp³-hybridized carbons (Fsp3) is 0.892. The van der Waals surface area contributed by atoms with E-state index in [-0.39, 0.29) is 18.5 Å². The monoisotopic (exact) mass is 1200 g/mol. The Labute approximate surface area is 523 Å². The van der Waals surface area contributed by atoms with Gasteiger partial charge >= 0.3 is 5.97 Å². The van der Waals surface area contributed by atoms with Crippen LogP contribution in [-0.2, 0) is 23.8 Å². The molecule has 0 aromatic rings. The van der Waals surface area contributed by atoms with Crippen molar-refractivity contribution in [2.24, 2.45) is 0 Å². The number of aliphatic hydroxyl groups excluding tert-OH is 5. The van der Waals surface area contributed by atoms with Crippen LogP contribution in [0, 0.1) is 0 Å². The number of rotatable bonds is 65. The average molecular weight is 1200 g/mol. The highest BCUT2D eigenvalue weighted by atomic mass is 16.7. The van der Waals surface area contributed by atoms with Crippen molar-refractivity contribution in [1.82, 2.24) is 5.32 Å². The second kappa shape index (κ2) is 63.4. The molecule has 0 radical (unpaired) electrons. The van der Waals surface area contributed by atoms with Crippen LogP contribution >= 0.6 is 0 Å². The summed E-state index contributed by atoms with van der Waals surface area (Å²) in [4.78, 5) is 25.1. The number of hydrogen-bond acceptors (Lipinski definition) is 10. The van der Waals surface area contributed by atoms with Crippen LogP contribution in [0.15, 0.2) is 36.5 Å². The third kappa shape index (κ3) is 52.4. The summed E-state index contributed by atoms with van der Waals surface area (Å²) in [5, 5.41) is 54.6. The molecule has 7 unspecified atom stereocenters. The minimum absolute atomic E-state index is 0.000229. The Bertz CT molecular complexity index is 1510. The summed E-state index contributed by atoms with van der Waals surface area (Å²) in [5.41, 5.74) is 0. The first kappa shape index (κ1) is 80.9. The van der Waals surface area contributed by atoms with Crippen LogP contribution in [0.3, 0.4) is 0 Å². The molecule has 11 heteroatoms. The summed E-state index contributed by atoms with van der Waals surface area (Å²) < 4.78 is 16.7. The number of carbonyl (C=O) groups excluding carboxylic acids is 2. The minimum atomic E-state index is -1.57. The molecule has 1 aliphatic heterocycles. The van der Waals surface area contributed by atoms with Gasteiger partial charge in [0.1, 0.15) is 24.4 Å². The summed E-state index contributed by atoms with van der Waals surface area (Å²) in [5.74, 6) is -0.177. The molecule has 11 nitrogen and oxygen atoms in total. The SMILES string of the molecule is CCCC/C=C\CCCCCCCC(=O)OCCCCCCCCCCCCCC/C=C\CCCCCCCCCCCCCCCCCCC(=O)NC(COC1OC(CO)C(O)C(O)C1O)C(O)/C=C/CCCCCCCCCCCCCC. The molecule has 0 aromatic heterocycles. The number of ether oxygens (including phenoxy) is 3. The van der Waals surface area contributed by atoms with Gasteiger partial charge in [0.05, 0.1) is 32.0 Å². The van der Waals surface area contributed by atoms with E-state index in [1.54, 1.807) is 6.08 Å². The van der Waals surface area contributed by atoms with Crippen LogP contribution < -0.4 is 5.32 Å². The highest BCUT2D eigenvalue weighted by molar-refractivity contribution is 5.76. The van der Waals surface area contributed by atoms with E-state index in [1.165, 1.54) is 276 Å². The van der Waals surface area contributed by atoms with E-state index < -0.39 is 49.5 Å². The Morgan fingerprint density at radius 3 is 1.16 bits per heavy atom. The number of amides is 1. The normalized spacial score (nSPS) is 18.1. The number of aliphatic hydroxyl groups is 5. The summed E-state index contributed by atoms with van der Waals surface area (Å²) >= 11 is 0. The zero-order chi connectivity index (χ0) is 61.6. The molecule has 0 aromatic carbocycles. The van der Waals surface area contributed by atoms with Crippen LogP contribution in [0.25, 0.3) is 0 Å². The van der Waals surface area contributed by atoms with Crippen LogP contribution in [0.1, 0.15) is 361 Å². The Morgan fingerprint density at radius 2 is 0.765 bits per heavy atom. The molecule has 1 amide bonds. The Balaban J connectivity index is 1.96. The van der Waals surface area contributed by atoms with E-state index in [0.29, 0.717) is 19.4 Å². The van der Waals surface area contributed by atoms with Crippen molar-refractivity contribution in [3.05, 3.63) is 36.5 Å². The van der Waals surface area contributed by atoms with Crippen LogP contribution in [-0.4, -0.2) is 100 Å². The van der Waals surface area contributed by atoms with Crippen molar-refractivity contribution in [2.45, 2.75) is 403 Å². The van der Waals surface area contributed by atoms with Gasteiger partial charge in [0, 0.05) is 12.8 Å². The van der Waals surface area contributed by atoms with Gasteiger partial charge < -0.3 is 45.1 Å². The van der Waals surface area contributed by atoms with Crippen molar-refractivity contribution in [1.29, 1.82) is 0 Å². The fourth-order valence-electron chi connectivity index (χ4n) is 11.6. The topological polar surface area (TPSA) is 175 Å². The zero-order valence-electron chi connectivity index (χ0n) is 55.6. The first-order valence-corrected chi connectivity index (χ1v) is 36.8. The highest BCUT2D eigenvalue weighted by Crippen LogP contribution is 2.23. The van der Waals surface area contributed by atoms with Crippen molar-refractivity contribution in [2.75, 3.05) is 19.8 Å². The summed E-state index contributed by atoms with van der Waals surface area (Å²) in [6, 6.07) is -0.808. The van der Waals surface area contributed by atoms with E-state index >= 15 is 0 Å². The number of hydrogen-bond donors (Lipinski definition) is 6. The van der Waals surface area contributed by atoms with E-state index in [0.717, 1.165) is 57.8 Å². The molecule has 1 aliphatic rings. The largest absolute Gasteiger partial charge is 0.466 e. The first-order valence-electron chi connectivity index (χ1n) is 36.8. The predicted molar refractivity (Wildman–Crippen MR) is 357 cm³/mol. The Hall–Kier alpha value is -2.12. The number of nitrogens with one attached hydrogen (secondary N) is 1. The van der Waals surface area contributed by atoms with Gasteiger partial charge in [0.2, 0.25) is 5.91 Å². The molecular formula is C74H139NO10. The van der Waals surface area contributed by atoms with E-state index in [2.05, 4.69) is 43.5 Å². The second-order valence-electron chi connectivity index (χ2n) is 25.6. The number of esters is 1. The first-order chi connectivity index (χ1) is 41.7. The van der Waals surface area contributed by atoms with Gasteiger partial charge in [-0.2, -0.15) is 0 Å². The lowest BCUT2D eigenvalue weighted by atomic mass is 9.99. The van der Waals surface area contributed by atoms with Gasteiger partial charge in [0.25, 0.3) is 0 Å². The van der Waals surface area contributed by atoms with Crippen molar-refractivity contribution in [3.8, 4) is 0 Å². The minimum Gasteiger partial charge on any atom is -0.466 e. The molecule has 500 valence electrons. The summed E-state index contributed by atoms with van der Waals surface area (Å²) in [6.45, 7) is 4.35. The lowest BCUT2D eigenvalue weighted by Gasteiger charge is -2.40. The quantitative estimate of drug-likeness (QED) is 0.0195. The molecule has 1 fully saturated rings. The van der Waals surface area contributed by atoms with Gasteiger partial charge in [-0.15, -0.1) is 0 Å². The predicted octanol–water partition coefficient (Wildman–Crippen LogP) is 19.0. The third-order valence-corrected chi connectivity index (χ3v) is 17.5. The zero-order valence-corrected chi connectivity index (χ0v) is 55.6. The van der Waals surface area contributed by atoms with Gasteiger partial charge in [-0.25, -0.2) is 0 Å². The van der Waals surface area contributed by atoms with Crippen molar-refractivity contribution in [3.63, 3.8) is 0 Å². The van der Waals surface area contributed by atoms with Crippen molar-refractivity contribution >= 4 is 11.9 Å². The van der Waals surface area contributed by atoms with Gasteiger partial charge in [-0.05, 0) is 77.0 Å². The summed E-state index contributed by atoms with van der Waals surface area (Å²) in [7, 11) is 0. The van der Waals surface area contributed by atoms with E-state index in [4.69, 9.17) is 14.2 Å². The molecule has 0 bridgehead atoms. The molecule has 0 aliphatic carbocycles. The van der Waals surface area contributed by atoms with Crippen LogP contribution in [0.2, 0.25) is 0 Å². The molecule has 0 spiro atoms. The molecule has 1 heterocycles. The smallest absolute Gasteiger partial charge is 0.305 e. The van der Waals surface area contributed by atoms with Crippen LogP contribution in [0.4, 0.5) is 0 Å². The van der Waals surface area contributed by atoms with Crippen molar-refractivity contribution < 1.29 is 49.3 Å². The van der Waals surface area contributed by atoms with Gasteiger partial charge in [-0.3, -0.25) is 9.59 Å². The van der Waals surface area contributed by atoms with Gasteiger partial charge in [-0.1, -0.05) is 307 Å². The maximum absolute atomic E-state index is 13.1. The van der Waals surface area contributed by atoms with E-state index in [9.17, 15) is 35.1 Å².